The summed E-state index contributed by atoms with van der Waals surface area (Å²) in [4.78, 5) is 57.6. The number of aromatic nitrogens is 4. The van der Waals surface area contributed by atoms with Gasteiger partial charge in [0.15, 0.2) is 28.5 Å². The highest BCUT2D eigenvalue weighted by atomic mass is 32.2. The summed E-state index contributed by atoms with van der Waals surface area (Å²) in [6.45, 7) is 22.9. The van der Waals surface area contributed by atoms with E-state index >= 15 is 0 Å². The average molecular weight is 925 g/mol. The zero-order valence-electron chi connectivity index (χ0n) is 37.9. The molecule has 0 aliphatic carbocycles. The standard InChI is InChI=1S/C39H64N8O12SSi2/c1-24-19-46(30-18-26(42-43-41)27(21-48)56-30)35(51)44(32(24)49)16-14-13-15-17-45-33(50)25(2)20-47(36(45)52)34-31(58-62(11,12)38(6,7)8)39(28(40)23-60(53,54)59-39)29(57-34)22-55-61(9,10)37(3,4)5/h19-20,23,26-27,29-31,34,48H,13-18,21-22,40H2,1-12H3/t26-,27+,29?,30+,31-,34+,39?/m0/s1. The molecule has 2 saturated heterocycles. The lowest BCUT2D eigenvalue weighted by Gasteiger charge is -2.43. The molecule has 2 aromatic rings. The van der Waals surface area contributed by atoms with Gasteiger partial charge in [0.05, 0.1) is 36.5 Å². The second-order valence-corrected chi connectivity index (χ2v) is 30.6. The van der Waals surface area contributed by atoms with E-state index in [1.807, 2.05) is 47.0 Å². The number of unbranched alkanes of at least 4 members (excludes halogenated alkanes) is 2. The van der Waals surface area contributed by atoms with Gasteiger partial charge in [0.25, 0.3) is 21.2 Å². The molecular formula is C39H64N8O12SSi2. The van der Waals surface area contributed by atoms with Gasteiger partial charge in [-0.1, -0.05) is 46.7 Å². The summed E-state index contributed by atoms with van der Waals surface area (Å²) in [7, 11) is -9.60. The van der Waals surface area contributed by atoms with E-state index in [1.54, 1.807) is 13.8 Å². The molecule has 0 amide bonds. The second-order valence-electron chi connectivity index (χ2n) is 19.6. The minimum atomic E-state index is -4.32. The van der Waals surface area contributed by atoms with Crippen molar-refractivity contribution in [3.05, 3.63) is 86.7 Å². The van der Waals surface area contributed by atoms with Crippen LogP contribution in [0.5, 0.6) is 0 Å². The number of hydrogen-bond donors (Lipinski definition) is 2. The van der Waals surface area contributed by atoms with E-state index in [9.17, 15) is 32.7 Å². The average Bonchev–Trinajstić information content (AvgIpc) is 3.78. The largest absolute Gasteiger partial charge is 0.414 e. The summed E-state index contributed by atoms with van der Waals surface area (Å²) in [5.74, 6) is 0. The number of nitrogens with zero attached hydrogens (tertiary/aromatic N) is 7. The van der Waals surface area contributed by atoms with Crippen LogP contribution in [-0.2, 0) is 45.7 Å². The molecule has 3 aliphatic rings. The summed E-state index contributed by atoms with van der Waals surface area (Å²) >= 11 is 0. The number of hydrogen-bond acceptors (Lipinski definition) is 14. The Bertz CT molecular complexity index is 2460. The van der Waals surface area contributed by atoms with Gasteiger partial charge in [0.1, 0.15) is 18.4 Å². The van der Waals surface area contributed by atoms with E-state index in [0.29, 0.717) is 19.3 Å². The predicted octanol–water partition coefficient (Wildman–Crippen LogP) is 3.99. The van der Waals surface area contributed by atoms with Crippen LogP contribution in [0.4, 0.5) is 0 Å². The lowest BCUT2D eigenvalue weighted by molar-refractivity contribution is -0.0567. The van der Waals surface area contributed by atoms with Crippen LogP contribution in [0.2, 0.25) is 36.3 Å². The number of azide groups is 1. The zero-order valence-corrected chi connectivity index (χ0v) is 40.7. The Kier molecular flexibility index (Phi) is 14.1. The maximum absolute atomic E-state index is 14.5. The smallest absolute Gasteiger partial charge is 0.333 e. The Morgan fingerprint density at radius 3 is 1.92 bits per heavy atom. The van der Waals surface area contributed by atoms with E-state index in [-0.39, 0.29) is 53.0 Å². The van der Waals surface area contributed by atoms with Gasteiger partial charge >= 0.3 is 11.4 Å². The van der Waals surface area contributed by atoms with Gasteiger partial charge in [-0.25, -0.2) is 13.8 Å². The van der Waals surface area contributed by atoms with Crippen molar-refractivity contribution < 1.29 is 36.0 Å². The van der Waals surface area contributed by atoms with Crippen LogP contribution in [0.3, 0.4) is 0 Å². The van der Waals surface area contributed by atoms with Gasteiger partial charge in [-0.3, -0.25) is 27.9 Å². The van der Waals surface area contributed by atoms with Crippen molar-refractivity contribution in [2.24, 2.45) is 10.8 Å². The van der Waals surface area contributed by atoms with Crippen LogP contribution < -0.4 is 28.2 Å². The van der Waals surface area contributed by atoms with Crippen LogP contribution in [-0.4, -0.2) is 91.6 Å². The number of ether oxygens (including phenoxy) is 2. The number of aryl methyl sites for hydroxylation is 2. The topological polar surface area (TPSA) is 263 Å². The minimum Gasteiger partial charge on any atom is -0.414 e. The molecule has 0 saturated carbocycles. The Morgan fingerprint density at radius 1 is 0.903 bits per heavy atom. The maximum Gasteiger partial charge on any atom is 0.333 e. The third-order valence-electron chi connectivity index (χ3n) is 13.2. The molecule has 346 valence electrons. The molecule has 2 aromatic heterocycles. The van der Waals surface area contributed by atoms with Crippen LogP contribution in [0.15, 0.2) is 47.8 Å². The molecule has 62 heavy (non-hydrogen) atoms. The number of rotatable bonds is 15. The van der Waals surface area contributed by atoms with Gasteiger partial charge in [0, 0.05) is 47.9 Å². The molecule has 0 radical (unpaired) electrons. The number of nitrogens with two attached hydrogens (primary N) is 1. The van der Waals surface area contributed by atoms with Crippen molar-refractivity contribution in [1.82, 2.24) is 18.3 Å². The molecule has 7 atom stereocenters. The van der Waals surface area contributed by atoms with Crippen LogP contribution in [0.25, 0.3) is 10.4 Å². The van der Waals surface area contributed by atoms with Crippen molar-refractivity contribution in [1.29, 1.82) is 0 Å². The summed E-state index contributed by atoms with van der Waals surface area (Å²) in [5.41, 5.74) is 11.6. The molecule has 5 heterocycles. The highest BCUT2D eigenvalue weighted by Crippen LogP contribution is 2.52. The Balaban J connectivity index is 1.45. The molecular weight excluding hydrogens is 861 g/mol. The van der Waals surface area contributed by atoms with Gasteiger partial charge in [-0.2, -0.15) is 8.42 Å². The van der Waals surface area contributed by atoms with Crippen LogP contribution in [0, 0.1) is 13.8 Å². The van der Waals surface area contributed by atoms with E-state index < -0.39 is 98.3 Å². The molecule has 1 spiro atoms. The second kappa shape index (κ2) is 17.7. The predicted molar refractivity (Wildman–Crippen MR) is 236 cm³/mol. The maximum atomic E-state index is 14.5. The summed E-state index contributed by atoms with van der Waals surface area (Å²) in [6.07, 6.45) is -1.43. The Hall–Kier alpha value is -3.65. The number of aliphatic hydroxyl groups excluding tert-OH is 1. The molecule has 20 nitrogen and oxygen atoms in total. The van der Waals surface area contributed by atoms with Gasteiger partial charge in [-0.05, 0) is 74.9 Å². The molecule has 2 unspecified atom stereocenters. The lowest BCUT2D eigenvalue weighted by atomic mass is 9.89. The first kappa shape index (κ1) is 49.4. The van der Waals surface area contributed by atoms with Gasteiger partial charge in [0.2, 0.25) is 0 Å². The molecule has 0 aromatic carbocycles. The normalized spacial score (nSPS) is 26.6. The third kappa shape index (κ3) is 9.42. The highest BCUT2D eigenvalue weighted by molar-refractivity contribution is 7.90. The van der Waals surface area contributed by atoms with Crippen LogP contribution >= 0.6 is 0 Å². The van der Waals surface area contributed by atoms with Gasteiger partial charge < -0.3 is 29.2 Å². The zero-order chi connectivity index (χ0) is 46.5. The SMILES string of the molecule is Cc1cn([C@@H]2OC(CO[Si](C)(C)C(C)(C)C)C3(OS(=O)(=O)C=C3N)[C@H]2O[Si](C)(C)C(C)(C)C)c(=O)n(CCCCCn2c(=O)c(C)cn([C@H]3C[C@H](N=[N+]=[N-])[C@@H](CO)O3)c2=O)c1=O. The number of aliphatic hydroxyl groups is 1. The molecule has 23 heteroatoms. The summed E-state index contributed by atoms with van der Waals surface area (Å²) in [6, 6.07) is -0.695. The lowest BCUT2D eigenvalue weighted by Crippen LogP contribution is -2.59. The first-order valence-electron chi connectivity index (χ1n) is 20.9. The van der Waals surface area contributed by atoms with E-state index in [1.165, 1.54) is 21.5 Å². The van der Waals surface area contributed by atoms with Crippen LogP contribution in [0.1, 0.15) is 90.8 Å². The van der Waals surface area contributed by atoms with Crippen molar-refractivity contribution in [3.8, 4) is 0 Å². The van der Waals surface area contributed by atoms with E-state index in [4.69, 9.17) is 33.8 Å². The van der Waals surface area contributed by atoms with Gasteiger partial charge in [-0.15, -0.1) is 0 Å². The quantitative estimate of drug-likeness (QED) is 0.0640. The third-order valence-corrected chi connectivity index (χ3v) is 23.2. The monoisotopic (exact) mass is 924 g/mol. The van der Waals surface area contributed by atoms with Crippen molar-refractivity contribution in [2.75, 3.05) is 13.2 Å². The fourth-order valence-electron chi connectivity index (χ4n) is 7.47. The first-order valence-corrected chi connectivity index (χ1v) is 28.2. The molecule has 5 rings (SSSR count). The Labute approximate surface area is 363 Å². The molecule has 3 aliphatic heterocycles. The highest BCUT2D eigenvalue weighted by Gasteiger charge is 2.67. The fourth-order valence-corrected chi connectivity index (χ4v) is 11.0. The van der Waals surface area contributed by atoms with Crippen molar-refractivity contribution in [3.63, 3.8) is 0 Å². The summed E-state index contributed by atoms with van der Waals surface area (Å²) in [5, 5.41) is 13.6. The molecule has 0 bridgehead atoms. The molecule has 3 N–H and O–H groups in total. The van der Waals surface area contributed by atoms with E-state index in [2.05, 4.69) is 30.8 Å². The minimum absolute atomic E-state index is 0.0258. The van der Waals surface area contributed by atoms with Crippen molar-refractivity contribution in [2.45, 2.75) is 173 Å². The van der Waals surface area contributed by atoms with E-state index in [0.717, 1.165) is 14.5 Å². The molecule has 2 fully saturated rings. The fraction of sp³-hybridized carbons (Fsp3) is 0.744. The summed E-state index contributed by atoms with van der Waals surface area (Å²) < 4.78 is 63.2. The Morgan fingerprint density at radius 2 is 1.44 bits per heavy atom. The van der Waals surface area contributed by atoms with Crippen molar-refractivity contribution >= 4 is 26.8 Å². The first-order chi connectivity index (χ1) is 28.5.